The van der Waals surface area contributed by atoms with Crippen molar-refractivity contribution in [2.24, 2.45) is 0 Å². The summed E-state index contributed by atoms with van der Waals surface area (Å²) >= 11 is 3.40. The molecule has 0 radical (unpaired) electrons. The molecule has 1 amide bonds. The third kappa shape index (κ3) is 3.16. The van der Waals surface area contributed by atoms with Crippen molar-refractivity contribution in [3.05, 3.63) is 46.7 Å². The molecule has 1 aromatic carbocycles. The third-order valence-corrected chi connectivity index (χ3v) is 3.66. The van der Waals surface area contributed by atoms with Crippen LogP contribution in [0, 0.1) is 0 Å². The Balaban J connectivity index is 1.80. The molecule has 1 aliphatic rings. The van der Waals surface area contributed by atoms with E-state index in [9.17, 15) is 4.79 Å². The highest BCUT2D eigenvalue weighted by Crippen LogP contribution is 2.31. The Bertz CT molecular complexity index is 690. The highest BCUT2D eigenvalue weighted by atomic mass is 79.9. The molecule has 0 fully saturated rings. The van der Waals surface area contributed by atoms with Crippen LogP contribution in [0.1, 0.15) is 18.5 Å². The predicted octanol–water partition coefficient (Wildman–Crippen LogP) is 3.35. The van der Waals surface area contributed by atoms with Gasteiger partial charge in [0.05, 0.1) is 17.6 Å². The molecule has 1 aromatic heterocycles. The maximum Gasteiger partial charge on any atom is 0.262 e. The molecule has 2 heterocycles. The van der Waals surface area contributed by atoms with Crippen molar-refractivity contribution in [3.63, 3.8) is 0 Å². The van der Waals surface area contributed by atoms with Crippen LogP contribution in [0.15, 0.2) is 41.1 Å². The monoisotopic (exact) mass is 347 g/mol. The van der Waals surface area contributed by atoms with E-state index in [0.29, 0.717) is 11.4 Å². The van der Waals surface area contributed by atoms with Gasteiger partial charge < -0.3 is 15.4 Å². The summed E-state index contributed by atoms with van der Waals surface area (Å²) in [6.07, 6.45) is 3.51. The van der Waals surface area contributed by atoms with Crippen LogP contribution in [0.5, 0.6) is 5.75 Å². The highest BCUT2D eigenvalue weighted by Gasteiger charge is 2.17. The lowest BCUT2D eigenvalue weighted by Gasteiger charge is -2.21. The van der Waals surface area contributed by atoms with Gasteiger partial charge in [-0.2, -0.15) is 0 Å². The Morgan fingerprint density at radius 2 is 2.24 bits per heavy atom. The zero-order valence-electron chi connectivity index (χ0n) is 11.4. The van der Waals surface area contributed by atoms with Gasteiger partial charge in [0.1, 0.15) is 5.75 Å². The molecule has 1 aliphatic heterocycles. The Hall–Kier alpha value is -2.08. The Labute approximate surface area is 130 Å². The van der Waals surface area contributed by atoms with E-state index in [2.05, 4.69) is 31.5 Å². The fraction of sp³-hybridized carbons (Fsp3) is 0.200. The molecule has 5 nitrogen and oxygen atoms in total. The van der Waals surface area contributed by atoms with E-state index in [-0.39, 0.29) is 18.6 Å². The summed E-state index contributed by atoms with van der Waals surface area (Å²) in [4.78, 5) is 15.5. The summed E-state index contributed by atoms with van der Waals surface area (Å²) in [6, 6.07) is 7.83. The Morgan fingerprint density at radius 3 is 3.05 bits per heavy atom. The first-order valence-electron chi connectivity index (χ1n) is 6.55. The summed E-state index contributed by atoms with van der Waals surface area (Å²) in [5.74, 6) is 0.575. The van der Waals surface area contributed by atoms with E-state index >= 15 is 0 Å². The number of benzene rings is 1. The summed E-state index contributed by atoms with van der Waals surface area (Å²) in [7, 11) is 0. The van der Waals surface area contributed by atoms with Gasteiger partial charge in [-0.1, -0.05) is 6.07 Å². The molecule has 1 atom stereocenters. The highest BCUT2D eigenvalue weighted by molar-refractivity contribution is 9.10. The lowest BCUT2D eigenvalue weighted by molar-refractivity contribution is -0.118. The summed E-state index contributed by atoms with van der Waals surface area (Å²) in [5, 5.41) is 6.19. The fourth-order valence-electron chi connectivity index (χ4n) is 2.19. The first kappa shape index (κ1) is 13.9. The molecular formula is C15H14BrN3O2. The minimum absolute atomic E-state index is 0.0733. The molecule has 6 heteroatoms. The van der Waals surface area contributed by atoms with Gasteiger partial charge in [0.2, 0.25) is 0 Å². The molecule has 2 N–H and O–H groups in total. The van der Waals surface area contributed by atoms with Gasteiger partial charge in [-0.25, -0.2) is 0 Å². The van der Waals surface area contributed by atoms with Gasteiger partial charge >= 0.3 is 0 Å². The smallest absolute Gasteiger partial charge is 0.262 e. The Kier molecular flexibility index (Phi) is 3.79. The largest absolute Gasteiger partial charge is 0.482 e. The first-order chi connectivity index (χ1) is 10.1. The van der Waals surface area contributed by atoms with Crippen LogP contribution in [0.3, 0.4) is 0 Å². The van der Waals surface area contributed by atoms with Crippen molar-refractivity contribution >= 4 is 33.2 Å². The zero-order valence-corrected chi connectivity index (χ0v) is 13.0. The van der Waals surface area contributed by atoms with Crippen LogP contribution >= 0.6 is 15.9 Å². The molecule has 2 aromatic rings. The van der Waals surface area contributed by atoms with Crippen LogP contribution in [0.25, 0.3) is 0 Å². The number of anilines is 2. The van der Waals surface area contributed by atoms with Gasteiger partial charge in [0.25, 0.3) is 5.91 Å². The van der Waals surface area contributed by atoms with Crippen molar-refractivity contribution in [1.82, 2.24) is 4.98 Å². The summed E-state index contributed by atoms with van der Waals surface area (Å²) in [5.41, 5.74) is 2.69. The molecule has 3 rings (SSSR count). The van der Waals surface area contributed by atoms with Gasteiger partial charge in [-0.05, 0) is 46.6 Å². The average molecular weight is 348 g/mol. The van der Waals surface area contributed by atoms with E-state index in [1.165, 1.54) is 0 Å². The second kappa shape index (κ2) is 5.73. The Morgan fingerprint density at radius 1 is 1.38 bits per heavy atom. The van der Waals surface area contributed by atoms with E-state index in [0.717, 1.165) is 15.7 Å². The number of hydrogen-bond donors (Lipinski definition) is 2. The van der Waals surface area contributed by atoms with Crippen LogP contribution in [0.2, 0.25) is 0 Å². The molecular weight excluding hydrogens is 334 g/mol. The maximum absolute atomic E-state index is 11.4. The SMILES string of the molecule is CC(Nc1cncc(Br)c1)c1ccc2c(c1)NC(=O)CO2. The number of rotatable bonds is 3. The van der Waals surface area contributed by atoms with Gasteiger partial charge in [-0.3, -0.25) is 9.78 Å². The van der Waals surface area contributed by atoms with Crippen LogP contribution < -0.4 is 15.4 Å². The second-order valence-electron chi connectivity index (χ2n) is 4.85. The first-order valence-corrected chi connectivity index (χ1v) is 7.35. The number of fused-ring (bicyclic) bond motifs is 1. The number of ether oxygens (including phenoxy) is 1. The minimum Gasteiger partial charge on any atom is -0.482 e. The van der Waals surface area contributed by atoms with Gasteiger partial charge in [0.15, 0.2) is 6.61 Å². The lowest BCUT2D eigenvalue weighted by atomic mass is 10.1. The van der Waals surface area contributed by atoms with Crippen molar-refractivity contribution in [3.8, 4) is 5.75 Å². The molecule has 108 valence electrons. The quantitative estimate of drug-likeness (QED) is 0.893. The summed E-state index contributed by atoms with van der Waals surface area (Å²) < 4.78 is 6.28. The normalized spacial score (nSPS) is 14.7. The van der Waals surface area contributed by atoms with Crippen molar-refractivity contribution < 1.29 is 9.53 Å². The number of pyridine rings is 1. The molecule has 0 saturated heterocycles. The third-order valence-electron chi connectivity index (χ3n) is 3.22. The number of halogens is 1. The predicted molar refractivity (Wildman–Crippen MR) is 84.5 cm³/mol. The number of aromatic nitrogens is 1. The fourth-order valence-corrected chi connectivity index (χ4v) is 2.56. The number of hydrogen-bond acceptors (Lipinski definition) is 4. The molecule has 0 bridgehead atoms. The number of amides is 1. The number of carbonyl (C=O) groups is 1. The topological polar surface area (TPSA) is 63.2 Å². The number of nitrogens with one attached hydrogen (secondary N) is 2. The summed E-state index contributed by atoms with van der Waals surface area (Å²) in [6.45, 7) is 2.12. The lowest BCUT2D eigenvalue weighted by Crippen LogP contribution is -2.25. The van der Waals surface area contributed by atoms with Crippen LogP contribution in [-0.4, -0.2) is 17.5 Å². The molecule has 0 spiro atoms. The van der Waals surface area contributed by atoms with Crippen molar-refractivity contribution in [1.29, 1.82) is 0 Å². The van der Waals surface area contributed by atoms with Gasteiger partial charge in [0, 0.05) is 16.7 Å². The number of nitrogens with zero attached hydrogens (tertiary/aromatic N) is 1. The molecule has 0 saturated carbocycles. The molecule has 1 unspecified atom stereocenters. The van der Waals surface area contributed by atoms with Crippen molar-refractivity contribution in [2.75, 3.05) is 17.2 Å². The molecule has 0 aliphatic carbocycles. The minimum atomic E-state index is -0.128. The van der Waals surface area contributed by atoms with Crippen molar-refractivity contribution in [2.45, 2.75) is 13.0 Å². The standard InChI is InChI=1S/C15H14BrN3O2/c1-9(18-12-5-11(16)6-17-7-12)10-2-3-14-13(4-10)19-15(20)8-21-14/h2-7,9,18H,8H2,1H3,(H,19,20). The van der Waals surface area contributed by atoms with E-state index in [4.69, 9.17) is 4.74 Å². The van der Waals surface area contributed by atoms with Gasteiger partial charge in [-0.15, -0.1) is 0 Å². The van der Waals surface area contributed by atoms with Crippen LogP contribution in [-0.2, 0) is 4.79 Å². The van der Waals surface area contributed by atoms with E-state index < -0.39 is 0 Å². The average Bonchev–Trinajstić information content (AvgIpc) is 2.46. The molecule has 21 heavy (non-hydrogen) atoms. The zero-order chi connectivity index (χ0) is 14.8. The van der Waals surface area contributed by atoms with E-state index in [1.54, 1.807) is 12.4 Å². The maximum atomic E-state index is 11.4. The van der Waals surface area contributed by atoms with E-state index in [1.807, 2.05) is 31.2 Å². The number of carbonyl (C=O) groups excluding carboxylic acids is 1. The second-order valence-corrected chi connectivity index (χ2v) is 5.77. The van der Waals surface area contributed by atoms with Crippen LogP contribution in [0.4, 0.5) is 11.4 Å².